The Bertz CT molecular complexity index is 1540. The first-order chi connectivity index (χ1) is 15.9. The predicted octanol–water partition coefficient (Wildman–Crippen LogP) is 6.10. The Morgan fingerprint density at radius 1 is 1.09 bits per heavy atom. The van der Waals surface area contributed by atoms with Crippen LogP contribution in [-0.2, 0) is 5.75 Å². The summed E-state index contributed by atoms with van der Waals surface area (Å²) in [4.78, 5) is 22.2. The van der Waals surface area contributed by atoms with E-state index in [1.807, 2.05) is 54.8 Å². The third-order valence-electron chi connectivity index (χ3n) is 5.42. The smallest absolute Gasteiger partial charge is 0.259 e. The molecule has 0 aliphatic rings. The van der Waals surface area contributed by atoms with Gasteiger partial charge in [-0.05, 0) is 68.3 Å². The Kier molecular flexibility index (Phi) is 5.82. The first-order valence-electron chi connectivity index (χ1n) is 10.3. The molecule has 0 atom stereocenters. The van der Waals surface area contributed by atoms with Crippen molar-refractivity contribution in [2.75, 3.05) is 0 Å². The van der Waals surface area contributed by atoms with Crippen LogP contribution in [-0.4, -0.2) is 24.7 Å². The van der Waals surface area contributed by atoms with Crippen molar-refractivity contribution < 1.29 is 0 Å². The molecule has 0 bridgehead atoms. The third-order valence-corrected chi connectivity index (χ3v) is 7.72. The lowest BCUT2D eigenvalue weighted by atomic mass is 10.2. The molecule has 0 unspecified atom stereocenters. The molecule has 5 aromatic rings. The molecule has 2 aromatic carbocycles. The lowest BCUT2D eigenvalue weighted by Gasteiger charge is -2.11. The first-order valence-corrected chi connectivity index (χ1v) is 12.5. The van der Waals surface area contributed by atoms with E-state index in [1.54, 1.807) is 11.3 Å². The number of thioether (sulfide) groups is 1. The van der Waals surface area contributed by atoms with Gasteiger partial charge in [-0.2, -0.15) is 0 Å². The number of aromatic amines is 1. The summed E-state index contributed by atoms with van der Waals surface area (Å²) in [6, 6.07) is 15.7. The van der Waals surface area contributed by atoms with E-state index >= 15 is 0 Å². The fourth-order valence-electron chi connectivity index (χ4n) is 3.65. The largest absolute Gasteiger partial charge is 0.309 e. The van der Waals surface area contributed by atoms with Gasteiger partial charge in [-0.3, -0.25) is 9.36 Å². The number of nitrogens with zero attached hydrogens (tertiary/aromatic N) is 4. The van der Waals surface area contributed by atoms with Crippen molar-refractivity contribution in [1.29, 1.82) is 0 Å². The Morgan fingerprint density at radius 2 is 1.88 bits per heavy atom. The second-order valence-electron chi connectivity index (χ2n) is 7.75. The van der Waals surface area contributed by atoms with Crippen molar-refractivity contribution in [1.82, 2.24) is 24.7 Å². The van der Waals surface area contributed by atoms with Crippen molar-refractivity contribution in [2.24, 2.45) is 0 Å². The number of aryl methyl sites for hydroxylation is 3. The summed E-state index contributed by atoms with van der Waals surface area (Å²) in [5, 5.41) is 11.0. The van der Waals surface area contributed by atoms with Gasteiger partial charge in [0.1, 0.15) is 10.7 Å². The number of fused-ring (bicyclic) bond motifs is 1. The standard InChI is InChI=1S/C24H20ClN5OS2/c1-13-5-4-6-18(11-13)30-21(16-7-9-17(25)10-8-16)28-29-24(30)32-12-19-26-22(31)20-14(2)15(3)33-23(20)27-19/h4-11H,12H2,1-3H3,(H,26,27,31). The summed E-state index contributed by atoms with van der Waals surface area (Å²) in [5.74, 6) is 1.80. The second-order valence-corrected chi connectivity index (χ2v) is 10.3. The number of halogens is 1. The molecule has 3 aromatic heterocycles. The average Bonchev–Trinajstić information content (AvgIpc) is 3.33. The molecule has 33 heavy (non-hydrogen) atoms. The van der Waals surface area contributed by atoms with Gasteiger partial charge in [0.25, 0.3) is 5.56 Å². The maximum atomic E-state index is 12.6. The summed E-state index contributed by atoms with van der Waals surface area (Å²) < 4.78 is 2.02. The van der Waals surface area contributed by atoms with Crippen molar-refractivity contribution in [3.63, 3.8) is 0 Å². The first kappa shape index (κ1) is 21.9. The van der Waals surface area contributed by atoms with Gasteiger partial charge in [0.15, 0.2) is 11.0 Å². The van der Waals surface area contributed by atoms with Crippen LogP contribution in [0.15, 0.2) is 58.5 Å². The molecule has 1 N–H and O–H groups in total. The van der Waals surface area contributed by atoms with E-state index in [4.69, 9.17) is 16.6 Å². The van der Waals surface area contributed by atoms with E-state index in [0.29, 0.717) is 27.1 Å². The molecule has 5 rings (SSSR count). The Labute approximate surface area is 203 Å². The van der Waals surface area contributed by atoms with Crippen LogP contribution < -0.4 is 5.56 Å². The number of benzene rings is 2. The van der Waals surface area contributed by atoms with Crippen LogP contribution in [0.3, 0.4) is 0 Å². The Hall–Kier alpha value is -2.94. The zero-order chi connectivity index (χ0) is 23.1. The van der Waals surface area contributed by atoms with Gasteiger partial charge in [0.2, 0.25) is 0 Å². The van der Waals surface area contributed by atoms with Crippen LogP contribution in [0.1, 0.15) is 21.8 Å². The average molecular weight is 494 g/mol. The van der Waals surface area contributed by atoms with Gasteiger partial charge >= 0.3 is 0 Å². The van der Waals surface area contributed by atoms with Gasteiger partial charge in [-0.1, -0.05) is 35.5 Å². The fraction of sp³-hybridized carbons (Fsp3) is 0.167. The van der Waals surface area contributed by atoms with Gasteiger partial charge in [0, 0.05) is 21.2 Å². The number of H-pyrrole nitrogens is 1. The van der Waals surface area contributed by atoms with Crippen molar-refractivity contribution in [2.45, 2.75) is 31.7 Å². The number of hydrogen-bond donors (Lipinski definition) is 1. The zero-order valence-corrected chi connectivity index (χ0v) is 20.6. The molecular weight excluding hydrogens is 474 g/mol. The highest BCUT2D eigenvalue weighted by Gasteiger charge is 2.18. The Balaban J connectivity index is 1.54. The Morgan fingerprint density at radius 3 is 2.64 bits per heavy atom. The topological polar surface area (TPSA) is 76.5 Å². The van der Waals surface area contributed by atoms with E-state index in [-0.39, 0.29) is 5.56 Å². The van der Waals surface area contributed by atoms with Crippen molar-refractivity contribution in [3.05, 3.63) is 85.7 Å². The lowest BCUT2D eigenvalue weighted by molar-refractivity contribution is 0.882. The summed E-state index contributed by atoms with van der Waals surface area (Å²) in [6.07, 6.45) is 0. The number of hydrogen-bond acceptors (Lipinski definition) is 6. The van der Waals surface area contributed by atoms with E-state index in [0.717, 1.165) is 37.9 Å². The van der Waals surface area contributed by atoms with Gasteiger partial charge in [-0.25, -0.2) is 4.98 Å². The maximum absolute atomic E-state index is 12.6. The molecule has 9 heteroatoms. The number of nitrogens with one attached hydrogen (secondary N) is 1. The van der Waals surface area contributed by atoms with Crippen LogP contribution in [0.25, 0.3) is 27.3 Å². The lowest BCUT2D eigenvalue weighted by Crippen LogP contribution is -2.11. The molecule has 0 saturated heterocycles. The third kappa shape index (κ3) is 4.21. The van der Waals surface area contributed by atoms with Gasteiger partial charge in [-0.15, -0.1) is 21.5 Å². The van der Waals surface area contributed by atoms with E-state index in [9.17, 15) is 4.79 Å². The summed E-state index contributed by atoms with van der Waals surface area (Å²) in [7, 11) is 0. The van der Waals surface area contributed by atoms with Gasteiger partial charge in [0.05, 0.1) is 11.1 Å². The van der Waals surface area contributed by atoms with Crippen LogP contribution >= 0.6 is 34.7 Å². The molecule has 0 aliphatic heterocycles. The molecule has 0 amide bonds. The van der Waals surface area contributed by atoms with Crippen LogP contribution in [0, 0.1) is 20.8 Å². The highest BCUT2D eigenvalue weighted by molar-refractivity contribution is 7.98. The number of thiophene rings is 1. The monoisotopic (exact) mass is 493 g/mol. The van der Waals surface area contributed by atoms with E-state index in [2.05, 4.69) is 34.2 Å². The number of rotatable bonds is 5. The maximum Gasteiger partial charge on any atom is 0.259 e. The zero-order valence-electron chi connectivity index (χ0n) is 18.2. The normalized spacial score (nSPS) is 11.4. The molecule has 0 aliphatic carbocycles. The van der Waals surface area contributed by atoms with Crippen LogP contribution in [0.5, 0.6) is 0 Å². The van der Waals surface area contributed by atoms with Gasteiger partial charge < -0.3 is 4.98 Å². The fourth-order valence-corrected chi connectivity index (χ4v) is 5.65. The highest BCUT2D eigenvalue weighted by Crippen LogP contribution is 2.31. The predicted molar refractivity (Wildman–Crippen MR) is 136 cm³/mol. The van der Waals surface area contributed by atoms with E-state index in [1.165, 1.54) is 11.8 Å². The number of aromatic nitrogens is 5. The molecule has 6 nitrogen and oxygen atoms in total. The summed E-state index contributed by atoms with van der Waals surface area (Å²) in [6.45, 7) is 6.03. The quantitative estimate of drug-likeness (QED) is 0.299. The minimum absolute atomic E-state index is 0.0977. The van der Waals surface area contributed by atoms with E-state index < -0.39 is 0 Å². The van der Waals surface area contributed by atoms with Crippen molar-refractivity contribution in [3.8, 4) is 17.1 Å². The second kappa shape index (κ2) is 8.78. The minimum atomic E-state index is -0.0977. The highest BCUT2D eigenvalue weighted by atomic mass is 35.5. The minimum Gasteiger partial charge on any atom is -0.309 e. The summed E-state index contributed by atoms with van der Waals surface area (Å²) >= 11 is 9.11. The molecule has 0 radical (unpaired) electrons. The van der Waals surface area contributed by atoms with Crippen LogP contribution in [0.4, 0.5) is 0 Å². The molecule has 166 valence electrons. The summed E-state index contributed by atoms with van der Waals surface area (Å²) in [5.41, 5.74) is 3.92. The SMILES string of the molecule is Cc1cccc(-n2c(SCc3nc4sc(C)c(C)c4c(=O)[nH]3)nnc2-c2ccc(Cl)cc2)c1. The van der Waals surface area contributed by atoms with Crippen LogP contribution in [0.2, 0.25) is 5.02 Å². The molecular formula is C24H20ClN5OS2. The van der Waals surface area contributed by atoms with Crippen molar-refractivity contribution >= 4 is 44.9 Å². The molecule has 0 saturated carbocycles. The molecule has 3 heterocycles. The molecule has 0 fully saturated rings. The molecule has 0 spiro atoms.